The number of rotatable bonds is 3. The van der Waals surface area contributed by atoms with E-state index in [1.165, 1.54) is 24.3 Å². The van der Waals surface area contributed by atoms with Crippen molar-refractivity contribution in [2.24, 2.45) is 5.11 Å². The van der Waals surface area contributed by atoms with Crippen molar-refractivity contribution in [1.29, 1.82) is 0 Å². The van der Waals surface area contributed by atoms with E-state index in [0.717, 1.165) is 0 Å². The Kier molecular flexibility index (Phi) is 3.25. The van der Waals surface area contributed by atoms with Crippen LogP contribution in [0.2, 0.25) is 0 Å². The number of aliphatic hydroxyl groups is 1. The summed E-state index contributed by atoms with van der Waals surface area (Å²) in [7, 11) is 0. The van der Waals surface area contributed by atoms with Crippen LogP contribution in [0.5, 0.6) is 0 Å². The second-order valence-electron chi connectivity index (χ2n) is 2.48. The number of halogens is 1. The summed E-state index contributed by atoms with van der Waals surface area (Å²) in [6.45, 7) is -0.0396. The van der Waals surface area contributed by atoms with Gasteiger partial charge in [0.15, 0.2) is 0 Å². The van der Waals surface area contributed by atoms with Crippen LogP contribution in [0.1, 0.15) is 11.7 Å². The van der Waals surface area contributed by atoms with Gasteiger partial charge < -0.3 is 5.11 Å². The summed E-state index contributed by atoms with van der Waals surface area (Å²) in [6, 6.07) is 5.39. The van der Waals surface area contributed by atoms with Crippen molar-refractivity contribution in [3.8, 4) is 0 Å². The first kappa shape index (κ1) is 9.51. The van der Waals surface area contributed by atoms with Crippen molar-refractivity contribution in [1.82, 2.24) is 0 Å². The molecular weight excluding hydrogens is 173 g/mol. The van der Waals surface area contributed by atoms with Crippen LogP contribution in [-0.2, 0) is 0 Å². The zero-order valence-electron chi connectivity index (χ0n) is 6.76. The number of nitrogens with zero attached hydrogens (tertiary/aromatic N) is 3. The summed E-state index contributed by atoms with van der Waals surface area (Å²) in [5.74, 6) is -0.361. The molecule has 0 saturated carbocycles. The standard InChI is InChI=1S/C8H8FN3O/c9-7-3-1-6(2-4-7)8(13)5-11-12-10/h1-4,8,13H,5H2/t8-/m0/s1. The van der Waals surface area contributed by atoms with Gasteiger partial charge in [0.1, 0.15) is 5.82 Å². The summed E-state index contributed by atoms with van der Waals surface area (Å²) in [5, 5.41) is 12.6. The molecule has 1 aromatic rings. The summed E-state index contributed by atoms with van der Waals surface area (Å²) >= 11 is 0. The quantitative estimate of drug-likeness (QED) is 0.433. The highest BCUT2D eigenvalue weighted by Gasteiger charge is 2.04. The fourth-order valence-electron chi connectivity index (χ4n) is 0.904. The zero-order valence-corrected chi connectivity index (χ0v) is 6.76. The van der Waals surface area contributed by atoms with Crippen LogP contribution in [0.25, 0.3) is 10.4 Å². The molecule has 13 heavy (non-hydrogen) atoms. The van der Waals surface area contributed by atoms with E-state index in [-0.39, 0.29) is 12.4 Å². The van der Waals surface area contributed by atoms with Gasteiger partial charge in [0, 0.05) is 4.91 Å². The van der Waals surface area contributed by atoms with Gasteiger partial charge in [-0.05, 0) is 23.2 Å². The lowest BCUT2D eigenvalue weighted by atomic mass is 10.1. The second kappa shape index (κ2) is 4.45. The molecule has 0 aromatic heterocycles. The SMILES string of the molecule is [N-]=[N+]=NC[C@H](O)c1ccc(F)cc1. The van der Waals surface area contributed by atoms with Crippen LogP contribution < -0.4 is 0 Å². The fraction of sp³-hybridized carbons (Fsp3) is 0.250. The highest BCUT2D eigenvalue weighted by molar-refractivity contribution is 5.18. The van der Waals surface area contributed by atoms with E-state index >= 15 is 0 Å². The molecule has 5 heteroatoms. The van der Waals surface area contributed by atoms with Gasteiger partial charge in [0.25, 0.3) is 0 Å². The summed E-state index contributed by atoms with van der Waals surface area (Å²) in [5.41, 5.74) is 8.53. The van der Waals surface area contributed by atoms with E-state index in [4.69, 9.17) is 5.53 Å². The molecule has 0 saturated heterocycles. The molecule has 1 aromatic carbocycles. The maximum atomic E-state index is 12.4. The van der Waals surface area contributed by atoms with Gasteiger partial charge in [-0.3, -0.25) is 0 Å². The Hall–Kier alpha value is -1.58. The van der Waals surface area contributed by atoms with Crippen LogP contribution in [0.4, 0.5) is 4.39 Å². The van der Waals surface area contributed by atoms with E-state index < -0.39 is 6.10 Å². The van der Waals surface area contributed by atoms with Gasteiger partial charge in [-0.15, -0.1) is 0 Å². The molecule has 0 aliphatic heterocycles. The lowest BCUT2D eigenvalue weighted by Gasteiger charge is -2.06. The minimum atomic E-state index is -0.864. The molecule has 1 N–H and O–H groups in total. The highest BCUT2D eigenvalue weighted by atomic mass is 19.1. The fourth-order valence-corrected chi connectivity index (χ4v) is 0.904. The third-order valence-electron chi connectivity index (χ3n) is 1.57. The van der Waals surface area contributed by atoms with Crippen molar-refractivity contribution < 1.29 is 9.50 Å². The van der Waals surface area contributed by atoms with Gasteiger partial charge in [-0.2, -0.15) is 0 Å². The van der Waals surface area contributed by atoms with Crippen LogP contribution in [-0.4, -0.2) is 11.7 Å². The van der Waals surface area contributed by atoms with Gasteiger partial charge in [-0.1, -0.05) is 17.2 Å². The average Bonchev–Trinajstić information content (AvgIpc) is 2.15. The highest BCUT2D eigenvalue weighted by Crippen LogP contribution is 2.13. The van der Waals surface area contributed by atoms with Crippen LogP contribution in [0.15, 0.2) is 29.4 Å². The molecular formula is C8H8FN3O. The second-order valence-corrected chi connectivity index (χ2v) is 2.48. The number of benzene rings is 1. The summed E-state index contributed by atoms with van der Waals surface area (Å²) in [4.78, 5) is 2.51. The van der Waals surface area contributed by atoms with E-state index in [1.807, 2.05) is 0 Å². The minimum absolute atomic E-state index is 0.0396. The molecule has 0 bridgehead atoms. The van der Waals surface area contributed by atoms with Crippen molar-refractivity contribution in [2.75, 3.05) is 6.54 Å². The lowest BCUT2D eigenvalue weighted by molar-refractivity contribution is 0.186. The number of hydrogen-bond acceptors (Lipinski definition) is 2. The zero-order chi connectivity index (χ0) is 9.68. The summed E-state index contributed by atoms with van der Waals surface area (Å²) < 4.78 is 12.4. The molecule has 0 aliphatic carbocycles. The first-order chi connectivity index (χ1) is 6.24. The van der Waals surface area contributed by atoms with Gasteiger partial charge >= 0.3 is 0 Å². The molecule has 0 unspecified atom stereocenters. The molecule has 0 aliphatic rings. The van der Waals surface area contributed by atoms with Gasteiger partial charge in [0.2, 0.25) is 0 Å². The molecule has 0 amide bonds. The Morgan fingerprint density at radius 2 is 2.08 bits per heavy atom. The van der Waals surface area contributed by atoms with Crippen molar-refractivity contribution >= 4 is 0 Å². The van der Waals surface area contributed by atoms with Crippen molar-refractivity contribution in [3.05, 3.63) is 46.1 Å². The monoisotopic (exact) mass is 181 g/mol. The van der Waals surface area contributed by atoms with Gasteiger partial charge in [0.05, 0.1) is 12.6 Å². The number of aliphatic hydroxyl groups excluding tert-OH is 1. The lowest BCUT2D eigenvalue weighted by Crippen LogP contribution is -2.00. The Labute approximate surface area is 74.3 Å². The Morgan fingerprint density at radius 1 is 1.46 bits per heavy atom. The van der Waals surface area contributed by atoms with E-state index in [2.05, 4.69) is 10.0 Å². The maximum Gasteiger partial charge on any atom is 0.123 e. The van der Waals surface area contributed by atoms with E-state index in [1.54, 1.807) is 0 Å². The Balaban J connectivity index is 2.71. The third-order valence-corrected chi connectivity index (χ3v) is 1.57. The maximum absolute atomic E-state index is 12.4. The topological polar surface area (TPSA) is 69.0 Å². The molecule has 0 fully saturated rings. The largest absolute Gasteiger partial charge is 0.388 e. The van der Waals surface area contributed by atoms with Gasteiger partial charge in [-0.25, -0.2) is 4.39 Å². The molecule has 1 atom stereocenters. The number of azide groups is 1. The van der Waals surface area contributed by atoms with Crippen LogP contribution >= 0.6 is 0 Å². The third kappa shape index (κ3) is 2.74. The van der Waals surface area contributed by atoms with Crippen molar-refractivity contribution in [2.45, 2.75) is 6.10 Å². The Morgan fingerprint density at radius 3 is 2.62 bits per heavy atom. The molecule has 4 nitrogen and oxygen atoms in total. The smallest absolute Gasteiger partial charge is 0.123 e. The predicted molar refractivity (Wildman–Crippen MR) is 45.4 cm³/mol. The van der Waals surface area contributed by atoms with Crippen molar-refractivity contribution in [3.63, 3.8) is 0 Å². The number of hydrogen-bond donors (Lipinski definition) is 1. The normalized spacial score (nSPS) is 11.8. The van der Waals surface area contributed by atoms with Crippen LogP contribution in [0.3, 0.4) is 0 Å². The molecule has 68 valence electrons. The molecule has 0 spiro atoms. The van der Waals surface area contributed by atoms with E-state index in [0.29, 0.717) is 5.56 Å². The molecule has 0 heterocycles. The Bertz CT molecular complexity index is 319. The minimum Gasteiger partial charge on any atom is -0.388 e. The van der Waals surface area contributed by atoms with E-state index in [9.17, 15) is 9.50 Å². The molecule has 0 radical (unpaired) electrons. The summed E-state index contributed by atoms with van der Waals surface area (Å²) in [6.07, 6.45) is -0.864. The van der Waals surface area contributed by atoms with Crippen LogP contribution in [0, 0.1) is 5.82 Å². The molecule has 1 rings (SSSR count). The first-order valence-corrected chi connectivity index (χ1v) is 3.68. The average molecular weight is 181 g/mol. The first-order valence-electron chi connectivity index (χ1n) is 3.68. The predicted octanol–water partition coefficient (Wildman–Crippen LogP) is 2.17.